The molecule has 2 aromatic rings. The van der Waals surface area contributed by atoms with Crippen molar-refractivity contribution in [3.8, 4) is 11.5 Å². The van der Waals surface area contributed by atoms with E-state index in [1.54, 1.807) is 6.26 Å². The second-order valence-corrected chi connectivity index (χ2v) is 5.28. The van der Waals surface area contributed by atoms with Crippen LogP contribution in [0, 0.1) is 0 Å². The number of rotatable bonds is 4. The van der Waals surface area contributed by atoms with Gasteiger partial charge in [0.1, 0.15) is 6.26 Å². The van der Waals surface area contributed by atoms with Gasteiger partial charge in [0.05, 0.1) is 18.9 Å². The van der Waals surface area contributed by atoms with Crippen LogP contribution in [-0.4, -0.2) is 11.0 Å². The quantitative estimate of drug-likeness (QED) is 0.913. The van der Waals surface area contributed by atoms with Crippen LogP contribution >= 0.6 is 0 Å². The molecule has 1 N–H and O–H groups in total. The highest BCUT2D eigenvalue weighted by atomic mass is 16.5. The summed E-state index contributed by atoms with van der Waals surface area (Å²) >= 11 is 0. The Hall–Kier alpha value is -1.65. The number of hydrogen-bond donors (Lipinski definition) is 1. The minimum atomic E-state index is 0.692. The molecule has 98 valence electrons. The molecule has 0 radical (unpaired) electrons. The van der Waals surface area contributed by atoms with Gasteiger partial charge in [0, 0.05) is 18.2 Å². The number of nitrogens with one attached hydrogen (secondary N) is 1. The van der Waals surface area contributed by atoms with Gasteiger partial charge in [-0.1, -0.05) is 6.07 Å². The number of hydrogen-bond acceptors (Lipinski definition) is 4. The lowest BCUT2D eigenvalue weighted by molar-refractivity contribution is 0.134. The van der Waals surface area contributed by atoms with Crippen LogP contribution in [-0.2, 0) is 24.5 Å². The molecule has 0 bridgehead atoms. The first-order chi connectivity index (χ1) is 9.38. The predicted molar refractivity (Wildman–Crippen MR) is 70.3 cm³/mol. The number of aromatic nitrogens is 1. The van der Waals surface area contributed by atoms with Gasteiger partial charge in [0.15, 0.2) is 0 Å². The minimum absolute atomic E-state index is 0.692. The van der Waals surface area contributed by atoms with Crippen molar-refractivity contribution >= 4 is 0 Å². The van der Waals surface area contributed by atoms with Crippen LogP contribution < -0.4 is 5.32 Å². The Morgan fingerprint density at radius 3 is 3.00 bits per heavy atom. The zero-order chi connectivity index (χ0) is 12.7. The highest BCUT2D eigenvalue weighted by Crippen LogP contribution is 2.26. The predicted octanol–water partition coefficient (Wildman–Crippen LogP) is 2.62. The summed E-state index contributed by atoms with van der Waals surface area (Å²) in [6, 6.07) is 6.96. The second kappa shape index (κ2) is 4.47. The first-order valence-corrected chi connectivity index (χ1v) is 6.76. The monoisotopic (exact) mass is 256 g/mol. The van der Waals surface area contributed by atoms with Crippen molar-refractivity contribution in [2.45, 2.75) is 38.6 Å². The van der Waals surface area contributed by atoms with E-state index in [1.807, 2.05) is 0 Å². The molecule has 19 heavy (non-hydrogen) atoms. The maximum absolute atomic E-state index is 5.57. The van der Waals surface area contributed by atoms with Crippen LogP contribution in [0.2, 0.25) is 0 Å². The van der Waals surface area contributed by atoms with E-state index in [9.17, 15) is 0 Å². The van der Waals surface area contributed by atoms with E-state index in [2.05, 4.69) is 28.5 Å². The fourth-order valence-corrected chi connectivity index (χ4v) is 2.36. The zero-order valence-electron chi connectivity index (χ0n) is 10.7. The van der Waals surface area contributed by atoms with Crippen molar-refractivity contribution in [2.24, 2.45) is 0 Å². The summed E-state index contributed by atoms with van der Waals surface area (Å²) in [4.78, 5) is 4.54. The molecule has 0 atom stereocenters. The highest BCUT2D eigenvalue weighted by Gasteiger charge is 2.21. The summed E-state index contributed by atoms with van der Waals surface area (Å²) in [5.41, 5.74) is 4.51. The standard InChI is InChI=1S/C15H16N2O2/c1-2-11-7-18-8-12(11)5-10(1)15-17-14(9-19-15)6-16-13-3-4-13/h1-2,5,9,13,16H,3-4,6-8H2. The summed E-state index contributed by atoms with van der Waals surface area (Å²) in [6.45, 7) is 2.21. The van der Waals surface area contributed by atoms with E-state index in [-0.39, 0.29) is 0 Å². The number of oxazole rings is 1. The maximum Gasteiger partial charge on any atom is 0.226 e. The average molecular weight is 256 g/mol. The smallest absolute Gasteiger partial charge is 0.226 e. The van der Waals surface area contributed by atoms with Gasteiger partial charge in [-0.05, 0) is 36.1 Å². The summed E-state index contributed by atoms with van der Waals surface area (Å²) in [6.07, 6.45) is 4.32. The Bertz CT molecular complexity index is 602. The van der Waals surface area contributed by atoms with Crippen LogP contribution in [0.3, 0.4) is 0 Å². The number of benzene rings is 1. The third kappa shape index (κ3) is 2.29. The van der Waals surface area contributed by atoms with E-state index in [0.29, 0.717) is 18.5 Å². The Kier molecular flexibility index (Phi) is 2.64. The fourth-order valence-electron chi connectivity index (χ4n) is 2.36. The third-order valence-corrected chi connectivity index (χ3v) is 3.67. The molecule has 1 fully saturated rings. The first-order valence-electron chi connectivity index (χ1n) is 6.76. The molecule has 1 aliphatic carbocycles. The van der Waals surface area contributed by atoms with Crippen LogP contribution in [0.5, 0.6) is 0 Å². The summed E-state index contributed by atoms with van der Waals surface area (Å²) in [5, 5.41) is 3.44. The fraction of sp³-hybridized carbons (Fsp3) is 0.400. The lowest BCUT2D eigenvalue weighted by atomic mass is 10.1. The summed E-state index contributed by atoms with van der Waals surface area (Å²) in [7, 11) is 0. The molecule has 0 spiro atoms. The lowest BCUT2D eigenvalue weighted by Crippen LogP contribution is -2.15. The first kappa shape index (κ1) is 11.2. The molecule has 4 heteroatoms. The molecular weight excluding hydrogens is 240 g/mol. The van der Waals surface area contributed by atoms with E-state index in [1.165, 1.54) is 24.0 Å². The Balaban J connectivity index is 1.54. The van der Waals surface area contributed by atoms with Crippen LogP contribution in [0.4, 0.5) is 0 Å². The van der Waals surface area contributed by atoms with Gasteiger partial charge in [-0.15, -0.1) is 0 Å². The number of ether oxygens (including phenoxy) is 1. The third-order valence-electron chi connectivity index (χ3n) is 3.67. The Morgan fingerprint density at radius 2 is 2.11 bits per heavy atom. The van der Waals surface area contributed by atoms with Gasteiger partial charge in [0.2, 0.25) is 5.89 Å². The van der Waals surface area contributed by atoms with Crippen molar-refractivity contribution in [1.82, 2.24) is 10.3 Å². The molecule has 1 aromatic heterocycles. The van der Waals surface area contributed by atoms with Gasteiger partial charge in [-0.2, -0.15) is 0 Å². The lowest BCUT2D eigenvalue weighted by Gasteiger charge is -1.99. The second-order valence-electron chi connectivity index (χ2n) is 5.28. The normalized spacial score (nSPS) is 17.7. The van der Waals surface area contributed by atoms with Gasteiger partial charge in [-0.25, -0.2) is 4.98 Å². The topological polar surface area (TPSA) is 47.3 Å². The Morgan fingerprint density at radius 1 is 1.21 bits per heavy atom. The maximum atomic E-state index is 5.57. The molecule has 4 rings (SSSR count). The van der Waals surface area contributed by atoms with E-state index >= 15 is 0 Å². The SMILES string of the molecule is c1cc2c(cc1-c1nc(CNC3CC3)co1)COC2. The zero-order valence-corrected chi connectivity index (χ0v) is 10.7. The molecule has 1 aliphatic heterocycles. The molecule has 0 amide bonds. The van der Waals surface area contributed by atoms with Crippen molar-refractivity contribution in [3.63, 3.8) is 0 Å². The van der Waals surface area contributed by atoms with Crippen molar-refractivity contribution < 1.29 is 9.15 Å². The largest absolute Gasteiger partial charge is 0.444 e. The molecule has 2 aliphatic rings. The van der Waals surface area contributed by atoms with E-state index in [4.69, 9.17) is 9.15 Å². The molecule has 1 saturated carbocycles. The molecule has 2 heterocycles. The van der Waals surface area contributed by atoms with Crippen molar-refractivity contribution in [2.75, 3.05) is 0 Å². The molecule has 0 saturated heterocycles. The van der Waals surface area contributed by atoms with Crippen LogP contribution in [0.15, 0.2) is 28.9 Å². The molecule has 1 aromatic carbocycles. The average Bonchev–Trinajstić information content (AvgIpc) is 2.96. The number of fused-ring (bicyclic) bond motifs is 1. The van der Waals surface area contributed by atoms with Crippen molar-refractivity contribution in [1.29, 1.82) is 0 Å². The Labute approximate surface area is 111 Å². The molecule has 0 unspecified atom stereocenters. The summed E-state index contributed by atoms with van der Waals surface area (Å²) < 4.78 is 11.0. The minimum Gasteiger partial charge on any atom is -0.444 e. The van der Waals surface area contributed by atoms with Gasteiger partial charge in [-0.3, -0.25) is 0 Å². The highest BCUT2D eigenvalue weighted by molar-refractivity contribution is 5.56. The van der Waals surface area contributed by atoms with E-state index in [0.717, 1.165) is 24.4 Å². The molecule has 4 nitrogen and oxygen atoms in total. The van der Waals surface area contributed by atoms with Crippen LogP contribution in [0.25, 0.3) is 11.5 Å². The van der Waals surface area contributed by atoms with E-state index < -0.39 is 0 Å². The van der Waals surface area contributed by atoms with Crippen molar-refractivity contribution in [3.05, 3.63) is 41.3 Å². The molecular formula is C15H16N2O2. The number of nitrogens with zero attached hydrogens (tertiary/aromatic N) is 1. The van der Waals surface area contributed by atoms with Gasteiger partial charge in [0.25, 0.3) is 0 Å². The summed E-state index contributed by atoms with van der Waals surface area (Å²) in [5.74, 6) is 0.697. The van der Waals surface area contributed by atoms with Crippen LogP contribution in [0.1, 0.15) is 29.7 Å². The van der Waals surface area contributed by atoms with Gasteiger partial charge < -0.3 is 14.5 Å². The van der Waals surface area contributed by atoms with Gasteiger partial charge >= 0.3 is 0 Å².